The smallest absolute Gasteiger partial charge is 0.326 e. The fraction of sp³-hybridized carbons (Fsp3) is 0.444. The number of guanidine groups is 1. The van der Waals surface area contributed by atoms with Gasteiger partial charge < -0.3 is 54.7 Å². The Morgan fingerprint density at radius 2 is 1.39 bits per heavy atom. The lowest BCUT2D eigenvalue weighted by atomic mass is 10.0. The molecule has 2 aromatic rings. The minimum absolute atomic E-state index is 0.0309. The van der Waals surface area contributed by atoms with E-state index >= 15 is 0 Å². The highest BCUT2D eigenvalue weighted by Gasteiger charge is 2.31. The van der Waals surface area contributed by atoms with Gasteiger partial charge in [0, 0.05) is 42.9 Å². The highest BCUT2D eigenvalue weighted by molar-refractivity contribution is 5.95. The first-order valence-electron chi connectivity index (χ1n) is 13.8. The summed E-state index contributed by atoms with van der Waals surface area (Å²) in [6.07, 6.45) is 1.06. The van der Waals surface area contributed by atoms with Crippen LogP contribution < -0.4 is 44.6 Å². The number of carboxylic acid groups (broad SMARTS) is 1. The molecule has 0 aliphatic carbocycles. The quantitative estimate of drug-likeness (QED) is 0.0438. The van der Waals surface area contributed by atoms with Gasteiger partial charge in [-0.15, -0.1) is 0 Å². The molecule has 0 spiro atoms. The van der Waals surface area contributed by atoms with Crippen molar-refractivity contribution in [2.24, 2.45) is 33.7 Å². The van der Waals surface area contributed by atoms with Crippen LogP contribution in [0.15, 0.2) is 35.5 Å². The van der Waals surface area contributed by atoms with Gasteiger partial charge in [-0.2, -0.15) is 0 Å². The van der Waals surface area contributed by atoms with E-state index in [1.807, 2.05) is 18.2 Å². The highest BCUT2D eigenvalue weighted by Crippen LogP contribution is 2.19. The molecule has 0 saturated heterocycles. The van der Waals surface area contributed by atoms with Gasteiger partial charge in [0.2, 0.25) is 29.5 Å². The van der Waals surface area contributed by atoms with Gasteiger partial charge in [0.25, 0.3) is 0 Å². The first kappa shape index (κ1) is 35.0. The molecule has 240 valence electrons. The summed E-state index contributed by atoms with van der Waals surface area (Å²) >= 11 is 0. The van der Waals surface area contributed by atoms with Crippen LogP contribution in [0.4, 0.5) is 0 Å². The number of nitrogens with one attached hydrogen (secondary N) is 4. The maximum Gasteiger partial charge on any atom is 0.326 e. The Morgan fingerprint density at radius 3 is 2.02 bits per heavy atom. The van der Waals surface area contributed by atoms with Gasteiger partial charge in [-0.25, -0.2) is 4.79 Å². The number of aromatic nitrogens is 1. The van der Waals surface area contributed by atoms with E-state index in [0.717, 1.165) is 10.9 Å². The highest BCUT2D eigenvalue weighted by atomic mass is 16.4. The number of primary amides is 2. The summed E-state index contributed by atoms with van der Waals surface area (Å²) in [5.74, 6) is -5.35. The van der Waals surface area contributed by atoms with Crippen LogP contribution in [0.25, 0.3) is 10.9 Å². The Hall–Kier alpha value is -5.19. The van der Waals surface area contributed by atoms with Crippen LogP contribution in [0.1, 0.15) is 44.1 Å². The van der Waals surface area contributed by atoms with E-state index < -0.39 is 59.7 Å². The zero-order chi connectivity index (χ0) is 32.8. The lowest BCUT2D eigenvalue weighted by Gasteiger charge is -2.25. The van der Waals surface area contributed by atoms with E-state index in [-0.39, 0.29) is 57.5 Å². The molecule has 4 unspecified atom stereocenters. The maximum absolute atomic E-state index is 13.6. The molecule has 0 aliphatic rings. The molecule has 17 nitrogen and oxygen atoms in total. The average molecular weight is 617 g/mol. The minimum atomic E-state index is -1.39. The fourth-order valence-electron chi connectivity index (χ4n) is 4.30. The van der Waals surface area contributed by atoms with Crippen molar-refractivity contribution in [2.45, 2.75) is 69.1 Å². The predicted molar refractivity (Wildman–Crippen MR) is 160 cm³/mol. The third-order valence-electron chi connectivity index (χ3n) is 6.64. The number of carbonyl (C=O) groups is 6. The summed E-state index contributed by atoms with van der Waals surface area (Å²) in [6.45, 7) is 0.126. The van der Waals surface area contributed by atoms with Crippen LogP contribution in [0.5, 0.6) is 0 Å². The van der Waals surface area contributed by atoms with Gasteiger partial charge >= 0.3 is 5.97 Å². The SMILES string of the molecule is NC(=O)CCC(N)C(=O)NC(Cc1c[nH]c2ccccc12)C(=O)NC(CCC(N)=O)C(=O)NC(CCCN=C(N)N)C(=O)O. The lowest BCUT2D eigenvalue weighted by molar-refractivity contribution is -0.142. The molecule has 0 fully saturated rings. The second-order valence-electron chi connectivity index (χ2n) is 10.2. The van der Waals surface area contributed by atoms with Crippen molar-refractivity contribution in [3.8, 4) is 0 Å². The number of carboxylic acids is 1. The van der Waals surface area contributed by atoms with Gasteiger partial charge in [0.15, 0.2) is 5.96 Å². The Morgan fingerprint density at radius 1 is 0.795 bits per heavy atom. The van der Waals surface area contributed by atoms with Crippen molar-refractivity contribution in [1.82, 2.24) is 20.9 Å². The van der Waals surface area contributed by atoms with Gasteiger partial charge in [0.05, 0.1) is 6.04 Å². The van der Waals surface area contributed by atoms with Crippen molar-refractivity contribution >= 4 is 52.4 Å². The van der Waals surface area contributed by atoms with Crippen molar-refractivity contribution < 1.29 is 33.9 Å². The number of benzene rings is 1. The van der Waals surface area contributed by atoms with E-state index in [0.29, 0.717) is 5.56 Å². The molecule has 15 N–H and O–H groups in total. The molecular formula is C27H40N10O7. The standard InChI is InChI=1S/C27H40N10O7/c28-16(7-9-21(29)38)23(40)37-20(12-14-13-34-17-5-2-1-4-15(14)17)25(42)35-18(8-10-22(30)39)24(41)36-19(26(43)44)6-3-11-33-27(31)32/h1-2,4-5,13,16,18-20,34H,3,6-12,28H2,(H2,29,38)(H2,30,39)(H,35,42)(H,36,41)(H,37,40)(H,43,44)(H4,31,32,33). The van der Waals surface area contributed by atoms with Crippen LogP contribution in [0.3, 0.4) is 0 Å². The number of aliphatic carboxylic acids is 1. The second kappa shape index (κ2) is 17.1. The summed E-state index contributed by atoms with van der Waals surface area (Å²) in [5.41, 5.74) is 28.3. The van der Waals surface area contributed by atoms with E-state index in [9.17, 15) is 33.9 Å². The number of nitrogens with two attached hydrogens (primary N) is 5. The number of hydrogen-bond donors (Lipinski definition) is 10. The van der Waals surface area contributed by atoms with Crippen molar-refractivity contribution in [3.63, 3.8) is 0 Å². The summed E-state index contributed by atoms with van der Waals surface area (Å²) in [4.78, 5) is 80.9. The van der Waals surface area contributed by atoms with Crippen LogP contribution >= 0.6 is 0 Å². The van der Waals surface area contributed by atoms with E-state index in [1.165, 1.54) is 0 Å². The number of aliphatic imine (C=N–C) groups is 1. The monoisotopic (exact) mass is 616 g/mol. The lowest BCUT2D eigenvalue weighted by Crippen LogP contribution is -2.57. The number of fused-ring (bicyclic) bond motifs is 1. The number of amides is 5. The van der Waals surface area contributed by atoms with E-state index in [2.05, 4.69) is 25.9 Å². The first-order chi connectivity index (χ1) is 20.8. The minimum Gasteiger partial charge on any atom is -0.480 e. The third-order valence-corrected chi connectivity index (χ3v) is 6.64. The van der Waals surface area contributed by atoms with E-state index in [1.54, 1.807) is 12.3 Å². The summed E-state index contributed by atoms with van der Waals surface area (Å²) in [5, 5.41) is 17.8. The Kier molecular flexibility index (Phi) is 13.6. The Balaban J connectivity index is 2.28. The molecular weight excluding hydrogens is 576 g/mol. The number of para-hydroxylation sites is 1. The zero-order valence-corrected chi connectivity index (χ0v) is 24.1. The molecule has 1 aromatic carbocycles. The zero-order valence-electron chi connectivity index (χ0n) is 24.1. The van der Waals surface area contributed by atoms with Gasteiger partial charge in [0.1, 0.15) is 18.1 Å². The number of hydrogen-bond acceptors (Lipinski definition) is 8. The number of nitrogens with zero attached hydrogens (tertiary/aromatic N) is 1. The normalized spacial score (nSPS) is 13.6. The van der Waals surface area contributed by atoms with Crippen molar-refractivity contribution in [3.05, 3.63) is 36.0 Å². The third kappa shape index (κ3) is 11.6. The first-order valence-corrected chi connectivity index (χ1v) is 13.8. The molecule has 44 heavy (non-hydrogen) atoms. The molecule has 1 aromatic heterocycles. The van der Waals surface area contributed by atoms with Gasteiger partial charge in [-0.3, -0.25) is 29.0 Å². The summed E-state index contributed by atoms with van der Waals surface area (Å²) in [7, 11) is 0. The van der Waals surface area contributed by atoms with Crippen LogP contribution in [0, 0.1) is 0 Å². The molecule has 5 amide bonds. The van der Waals surface area contributed by atoms with Crippen LogP contribution in [0.2, 0.25) is 0 Å². The largest absolute Gasteiger partial charge is 0.480 e. The Labute approximate surface area is 252 Å². The number of H-pyrrole nitrogens is 1. The summed E-state index contributed by atoms with van der Waals surface area (Å²) in [6, 6.07) is 2.10. The molecule has 0 saturated carbocycles. The molecule has 4 atom stereocenters. The van der Waals surface area contributed by atoms with Crippen LogP contribution in [-0.4, -0.2) is 82.3 Å². The molecule has 0 radical (unpaired) electrons. The van der Waals surface area contributed by atoms with Crippen molar-refractivity contribution in [2.75, 3.05) is 6.54 Å². The molecule has 1 heterocycles. The number of aromatic amines is 1. The molecule has 0 bridgehead atoms. The number of carbonyl (C=O) groups excluding carboxylic acids is 5. The molecule has 0 aliphatic heterocycles. The predicted octanol–water partition coefficient (Wildman–Crippen LogP) is -2.84. The topological polar surface area (TPSA) is 317 Å². The second-order valence-corrected chi connectivity index (χ2v) is 10.2. The average Bonchev–Trinajstić information content (AvgIpc) is 3.37. The molecule has 2 rings (SSSR count). The maximum atomic E-state index is 13.6. The van der Waals surface area contributed by atoms with Gasteiger partial charge in [-0.05, 0) is 37.3 Å². The number of rotatable bonds is 19. The molecule has 17 heteroatoms. The summed E-state index contributed by atoms with van der Waals surface area (Å²) < 4.78 is 0. The van der Waals surface area contributed by atoms with Gasteiger partial charge in [-0.1, -0.05) is 18.2 Å². The van der Waals surface area contributed by atoms with Crippen LogP contribution in [-0.2, 0) is 35.2 Å². The van der Waals surface area contributed by atoms with E-state index in [4.69, 9.17) is 28.7 Å². The Bertz CT molecular complexity index is 1370. The fourth-order valence-corrected chi connectivity index (χ4v) is 4.30. The van der Waals surface area contributed by atoms with Crippen molar-refractivity contribution in [1.29, 1.82) is 0 Å².